The molecule has 0 spiro atoms. The van der Waals surface area contributed by atoms with Crippen molar-refractivity contribution in [1.29, 1.82) is 0 Å². The maximum atomic E-state index is 11.8. The highest BCUT2D eigenvalue weighted by Crippen LogP contribution is 2.25. The number of rotatable bonds is 3. The SMILES string of the molecule is O=C(O)C1CSCN1C(=O)NCC1CCCS1. The molecule has 2 aliphatic rings. The highest BCUT2D eigenvalue weighted by atomic mass is 32.2. The Kier molecular flexibility index (Phi) is 4.44. The number of thioether (sulfide) groups is 2. The maximum absolute atomic E-state index is 11.8. The monoisotopic (exact) mass is 276 g/mol. The van der Waals surface area contributed by atoms with Gasteiger partial charge in [0.1, 0.15) is 6.04 Å². The first-order valence-corrected chi connectivity index (χ1v) is 7.85. The molecule has 0 bridgehead atoms. The summed E-state index contributed by atoms with van der Waals surface area (Å²) in [5.41, 5.74) is 0. The van der Waals surface area contributed by atoms with Crippen molar-refractivity contribution in [1.82, 2.24) is 10.2 Å². The van der Waals surface area contributed by atoms with Gasteiger partial charge >= 0.3 is 12.0 Å². The third-order valence-corrected chi connectivity index (χ3v) is 5.34. The highest BCUT2D eigenvalue weighted by molar-refractivity contribution is 8.00. The summed E-state index contributed by atoms with van der Waals surface area (Å²) in [5, 5.41) is 12.3. The second-order valence-corrected chi connectivity index (χ2v) is 6.55. The summed E-state index contributed by atoms with van der Waals surface area (Å²) in [6.45, 7) is 0.650. The Morgan fingerprint density at radius 3 is 2.94 bits per heavy atom. The zero-order valence-electron chi connectivity index (χ0n) is 9.42. The van der Waals surface area contributed by atoms with Crippen LogP contribution in [0.2, 0.25) is 0 Å². The van der Waals surface area contributed by atoms with Crippen molar-refractivity contribution < 1.29 is 14.7 Å². The van der Waals surface area contributed by atoms with E-state index in [0.717, 1.165) is 12.2 Å². The standard InChI is InChI=1S/C10H16N2O3S2/c13-9(14)8-5-16-6-12(8)10(15)11-4-7-2-1-3-17-7/h7-8H,1-6H2,(H,11,15)(H,13,14). The van der Waals surface area contributed by atoms with Gasteiger partial charge in [0.2, 0.25) is 0 Å². The van der Waals surface area contributed by atoms with Crippen LogP contribution in [-0.2, 0) is 4.79 Å². The summed E-state index contributed by atoms with van der Waals surface area (Å²) in [6, 6.07) is -0.911. The molecule has 5 nitrogen and oxygen atoms in total. The predicted molar refractivity (Wildman–Crippen MR) is 69.5 cm³/mol. The second kappa shape index (κ2) is 5.86. The lowest BCUT2D eigenvalue weighted by atomic mass is 10.2. The van der Waals surface area contributed by atoms with E-state index in [2.05, 4.69) is 5.32 Å². The number of carboxylic acids is 1. The maximum Gasteiger partial charge on any atom is 0.327 e. The van der Waals surface area contributed by atoms with E-state index in [-0.39, 0.29) is 6.03 Å². The highest BCUT2D eigenvalue weighted by Gasteiger charge is 2.34. The van der Waals surface area contributed by atoms with Crippen LogP contribution in [0.25, 0.3) is 0 Å². The Hall–Kier alpha value is -0.560. The molecule has 0 aromatic rings. The Morgan fingerprint density at radius 2 is 2.29 bits per heavy atom. The minimum atomic E-state index is -0.916. The van der Waals surface area contributed by atoms with Crippen LogP contribution >= 0.6 is 23.5 Å². The van der Waals surface area contributed by atoms with E-state index in [1.165, 1.54) is 23.1 Å². The summed E-state index contributed by atoms with van der Waals surface area (Å²) in [7, 11) is 0. The quantitative estimate of drug-likeness (QED) is 0.806. The third kappa shape index (κ3) is 3.22. The third-order valence-electron chi connectivity index (χ3n) is 2.93. The molecular weight excluding hydrogens is 260 g/mol. The van der Waals surface area contributed by atoms with Gasteiger partial charge in [-0.05, 0) is 18.6 Å². The largest absolute Gasteiger partial charge is 0.480 e. The molecule has 2 aliphatic heterocycles. The van der Waals surface area contributed by atoms with Crippen LogP contribution in [0, 0.1) is 0 Å². The van der Waals surface area contributed by atoms with Gasteiger partial charge in [0.25, 0.3) is 0 Å². The summed E-state index contributed by atoms with van der Waals surface area (Å²) in [4.78, 5) is 24.2. The van der Waals surface area contributed by atoms with Gasteiger partial charge in [0.15, 0.2) is 0 Å². The summed E-state index contributed by atoms with van der Waals surface area (Å²) >= 11 is 3.36. The minimum absolute atomic E-state index is 0.241. The minimum Gasteiger partial charge on any atom is -0.480 e. The molecular formula is C10H16N2O3S2. The number of nitrogens with zero attached hydrogens (tertiary/aromatic N) is 1. The van der Waals surface area contributed by atoms with E-state index >= 15 is 0 Å². The first kappa shape index (κ1) is 12.9. The average Bonchev–Trinajstić information content (AvgIpc) is 2.96. The number of carboxylic acid groups (broad SMARTS) is 1. The molecule has 0 aromatic carbocycles. The van der Waals surface area contributed by atoms with Gasteiger partial charge in [-0.3, -0.25) is 0 Å². The molecule has 2 amide bonds. The second-order valence-electron chi connectivity index (χ2n) is 4.14. The molecule has 2 N–H and O–H groups in total. The van der Waals surface area contributed by atoms with Crippen LogP contribution in [0.5, 0.6) is 0 Å². The lowest BCUT2D eigenvalue weighted by molar-refractivity contribution is -0.140. The van der Waals surface area contributed by atoms with Crippen LogP contribution < -0.4 is 5.32 Å². The molecule has 0 aliphatic carbocycles. The number of carbonyl (C=O) groups is 2. The van der Waals surface area contributed by atoms with Crippen LogP contribution in [0.1, 0.15) is 12.8 Å². The van der Waals surface area contributed by atoms with E-state index in [9.17, 15) is 9.59 Å². The number of aliphatic carboxylic acids is 1. The van der Waals surface area contributed by atoms with Crippen LogP contribution in [0.15, 0.2) is 0 Å². The van der Waals surface area contributed by atoms with Gasteiger partial charge in [-0.1, -0.05) is 0 Å². The molecule has 2 unspecified atom stereocenters. The molecule has 0 radical (unpaired) electrons. The van der Waals surface area contributed by atoms with Crippen molar-refractivity contribution >= 4 is 35.5 Å². The Balaban J connectivity index is 1.80. The Labute approximate surface area is 109 Å². The van der Waals surface area contributed by atoms with Gasteiger partial charge < -0.3 is 15.3 Å². The fourth-order valence-corrected chi connectivity index (χ4v) is 4.30. The fraction of sp³-hybridized carbons (Fsp3) is 0.800. The molecule has 2 heterocycles. The van der Waals surface area contributed by atoms with Crippen molar-refractivity contribution in [3.05, 3.63) is 0 Å². The van der Waals surface area contributed by atoms with Gasteiger partial charge in [-0.25, -0.2) is 9.59 Å². The van der Waals surface area contributed by atoms with Crippen molar-refractivity contribution in [3.8, 4) is 0 Å². The summed E-state index contributed by atoms with van der Waals surface area (Å²) < 4.78 is 0. The van der Waals surface area contributed by atoms with Gasteiger partial charge in [-0.15, -0.1) is 11.8 Å². The molecule has 0 saturated carbocycles. The lowest BCUT2D eigenvalue weighted by Gasteiger charge is -2.21. The smallest absolute Gasteiger partial charge is 0.327 e. The first-order valence-electron chi connectivity index (χ1n) is 5.65. The van der Waals surface area contributed by atoms with E-state index in [1.807, 2.05) is 11.8 Å². The molecule has 96 valence electrons. The van der Waals surface area contributed by atoms with E-state index in [0.29, 0.717) is 23.4 Å². The number of hydrogen-bond acceptors (Lipinski definition) is 4. The molecule has 2 saturated heterocycles. The van der Waals surface area contributed by atoms with Gasteiger partial charge in [0, 0.05) is 17.5 Å². The van der Waals surface area contributed by atoms with Crippen LogP contribution in [-0.4, -0.2) is 57.2 Å². The normalized spacial score (nSPS) is 28.4. The average molecular weight is 276 g/mol. The van der Waals surface area contributed by atoms with Crippen molar-refractivity contribution in [3.63, 3.8) is 0 Å². The number of amides is 2. The van der Waals surface area contributed by atoms with Crippen molar-refractivity contribution in [2.45, 2.75) is 24.1 Å². The molecule has 2 atom stereocenters. The number of nitrogens with one attached hydrogen (secondary N) is 1. The first-order chi connectivity index (χ1) is 8.18. The molecule has 2 rings (SSSR count). The number of carbonyl (C=O) groups excluding carboxylic acids is 1. The molecule has 0 aromatic heterocycles. The zero-order chi connectivity index (χ0) is 12.3. The molecule has 17 heavy (non-hydrogen) atoms. The number of hydrogen-bond donors (Lipinski definition) is 2. The molecule has 7 heteroatoms. The summed E-state index contributed by atoms with van der Waals surface area (Å²) in [5.74, 6) is 1.21. The van der Waals surface area contributed by atoms with Crippen LogP contribution in [0.3, 0.4) is 0 Å². The Bertz CT molecular complexity index is 308. The zero-order valence-corrected chi connectivity index (χ0v) is 11.1. The van der Waals surface area contributed by atoms with E-state index < -0.39 is 12.0 Å². The van der Waals surface area contributed by atoms with Gasteiger partial charge in [0.05, 0.1) is 5.88 Å². The predicted octanol–water partition coefficient (Wildman–Crippen LogP) is 1.05. The van der Waals surface area contributed by atoms with Crippen molar-refractivity contribution in [2.24, 2.45) is 0 Å². The van der Waals surface area contributed by atoms with E-state index in [4.69, 9.17) is 5.11 Å². The van der Waals surface area contributed by atoms with Crippen molar-refractivity contribution in [2.75, 3.05) is 23.9 Å². The Morgan fingerprint density at radius 1 is 1.47 bits per heavy atom. The number of urea groups is 1. The van der Waals surface area contributed by atoms with Crippen LogP contribution in [0.4, 0.5) is 4.79 Å². The lowest BCUT2D eigenvalue weighted by Crippen LogP contribution is -2.48. The fourth-order valence-electron chi connectivity index (χ4n) is 1.96. The summed E-state index contributed by atoms with van der Waals surface area (Å²) in [6.07, 6.45) is 2.35. The van der Waals surface area contributed by atoms with E-state index in [1.54, 1.807) is 0 Å². The molecule has 2 fully saturated rings. The van der Waals surface area contributed by atoms with Gasteiger partial charge in [-0.2, -0.15) is 11.8 Å². The topological polar surface area (TPSA) is 69.6 Å².